The van der Waals surface area contributed by atoms with Gasteiger partial charge in [0, 0.05) is 13.1 Å². The molecule has 2 amide bonds. The van der Waals surface area contributed by atoms with Crippen molar-refractivity contribution in [1.82, 2.24) is 10.2 Å². The lowest BCUT2D eigenvalue weighted by atomic mass is 10.0. The molecule has 0 radical (unpaired) electrons. The lowest BCUT2D eigenvalue weighted by Crippen LogP contribution is -2.37. The lowest BCUT2D eigenvalue weighted by Gasteiger charge is -2.30. The van der Waals surface area contributed by atoms with E-state index in [0.717, 1.165) is 18.9 Å². The molecule has 1 aliphatic heterocycles. The van der Waals surface area contributed by atoms with Gasteiger partial charge in [-0.25, -0.2) is 4.79 Å². The van der Waals surface area contributed by atoms with Crippen LogP contribution in [0.25, 0.3) is 0 Å². The third kappa shape index (κ3) is 5.22. The Morgan fingerprint density at radius 1 is 1.41 bits per heavy atom. The molecule has 1 aliphatic rings. The number of rotatable bonds is 6. The maximum atomic E-state index is 11.9. The summed E-state index contributed by atoms with van der Waals surface area (Å²) in [5.41, 5.74) is 0.687. The van der Waals surface area contributed by atoms with Crippen LogP contribution >= 0.6 is 0 Å². The SMILES string of the molecule is COc1ccccc1NC(=O)NCCCN1CCC[C@@H](C)C1. The Hall–Kier alpha value is -1.75. The summed E-state index contributed by atoms with van der Waals surface area (Å²) >= 11 is 0. The van der Waals surface area contributed by atoms with E-state index in [4.69, 9.17) is 4.74 Å². The summed E-state index contributed by atoms with van der Waals surface area (Å²) in [6, 6.07) is 7.22. The molecule has 5 nitrogen and oxygen atoms in total. The predicted octanol–water partition coefficient (Wildman–Crippen LogP) is 2.94. The minimum Gasteiger partial charge on any atom is -0.495 e. The maximum absolute atomic E-state index is 11.9. The highest BCUT2D eigenvalue weighted by molar-refractivity contribution is 5.90. The van der Waals surface area contributed by atoms with Crippen LogP contribution in [0.15, 0.2) is 24.3 Å². The van der Waals surface area contributed by atoms with E-state index in [1.54, 1.807) is 7.11 Å². The van der Waals surface area contributed by atoms with Crippen LogP contribution in [-0.2, 0) is 0 Å². The molecule has 1 aromatic carbocycles. The monoisotopic (exact) mass is 305 g/mol. The van der Waals surface area contributed by atoms with Crippen molar-refractivity contribution < 1.29 is 9.53 Å². The fourth-order valence-electron chi connectivity index (χ4n) is 2.91. The number of nitrogens with one attached hydrogen (secondary N) is 2. The van der Waals surface area contributed by atoms with Crippen LogP contribution in [0.3, 0.4) is 0 Å². The van der Waals surface area contributed by atoms with E-state index in [1.807, 2.05) is 24.3 Å². The number of carbonyl (C=O) groups is 1. The number of benzene rings is 1. The average Bonchev–Trinajstić information content (AvgIpc) is 2.52. The second kappa shape index (κ2) is 8.63. The van der Waals surface area contributed by atoms with Crippen molar-refractivity contribution in [2.45, 2.75) is 26.2 Å². The van der Waals surface area contributed by atoms with E-state index in [2.05, 4.69) is 22.5 Å². The highest BCUT2D eigenvalue weighted by Crippen LogP contribution is 2.22. The molecule has 5 heteroatoms. The first-order chi connectivity index (χ1) is 10.7. The van der Waals surface area contributed by atoms with Gasteiger partial charge in [-0.3, -0.25) is 0 Å². The first-order valence-corrected chi connectivity index (χ1v) is 8.09. The van der Waals surface area contributed by atoms with Gasteiger partial charge >= 0.3 is 6.03 Å². The predicted molar refractivity (Wildman–Crippen MR) is 89.5 cm³/mol. The Morgan fingerprint density at radius 2 is 2.23 bits per heavy atom. The number of methoxy groups -OCH3 is 1. The van der Waals surface area contributed by atoms with Gasteiger partial charge in [-0.15, -0.1) is 0 Å². The smallest absolute Gasteiger partial charge is 0.319 e. The van der Waals surface area contributed by atoms with E-state index >= 15 is 0 Å². The number of para-hydroxylation sites is 2. The van der Waals surface area contributed by atoms with Crippen molar-refractivity contribution >= 4 is 11.7 Å². The molecule has 22 heavy (non-hydrogen) atoms. The molecule has 0 aromatic heterocycles. The Balaban J connectivity index is 1.65. The summed E-state index contributed by atoms with van der Waals surface area (Å²) < 4.78 is 5.21. The van der Waals surface area contributed by atoms with Crippen LogP contribution in [0.4, 0.5) is 10.5 Å². The highest BCUT2D eigenvalue weighted by Gasteiger charge is 2.15. The molecule has 1 heterocycles. The third-order valence-electron chi connectivity index (χ3n) is 4.03. The highest BCUT2D eigenvalue weighted by atomic mass is 16.5. The number of piperidine rings is 1. The van der Waals surface area contributed by atoms with Crippen molar-refractivity contribution in [2.75, 3.05) is 38.6 Å². The zero-order chi connectivity index (χ0) is 15.8. The summed E-state index contributed by atoms with van der Waals surface area (Å²) in [7, 11) is 1.60. The van der Waals surface area contributed by atoms with Crippen molar-refractivity contribution in [3.63, 3.8) is 0 Å². The molecule has 1 aromatic rings. The molecular weight excluding hydrogens is 278 g/mol. The number of urea groups is 1. The molecule has 2 rings (SSSR count). The minimum atomic E-state index is -0.184. The molecule has 1 atom stereocenters. The summed E-state index contributed by atoms with van der Waals surface area (Å²) in [5.74, 6) is 1.47. The van der Waals surface area contributed by atoms with Gasteiger partial charge in [0.15, 0.2) is 0 Å². The molecule has 2 N–H and O–H groups in total. The number of likely N-dealkylation sites (tertiary alicyclic amines) is 1. The molecule has 0 aliphatic carbocycles. The minimum absolute atomic E-state index is 0.184. The zero-order valence-corrected chi connectivity index (χ0v) is 13.6. The van der Waals surface area contributed by atoms with Gasteiger partial charge < -0.3 is 20.3 Å². The Kier molecular flexibility index (Phi) is 6.52. The Morgan fingerprint density at radius 3 is 3.00 bits per heavy atom. The largest absolute Gasteiger partial charge is 0.495 e. The number of hydrogen-bond acceptors (Lipinski definition) is 3. The second-order valence-electron chi connectivity index (χ2n) is 5.98. The van der Waals surface area contributed by atoms with Crippen molar-refractivity contribution in [1.29, 1.82) is 0 Å². The molecule has 1 fully saturated rings. The second-order valence-corrected chi connectivity index (χ2v) is 5.98. The topological polar surface area (TPSA) is 53.6 Å². The standard InChI is InChI=1S/C17H27N3O2/c1-14-7-5-11-20(13-14)12-6-10-18-17(21)19-15-8-3-4-9-16(15)22-2/h3-4,8-9,14H,5-7,10-13H2,1-2H3,(H2,18,19,21)/t14-/m1/s1. The first kappa shape index (κ1) is 16.6. The number of carbonyl (C=O) groups excluding carboxylic acids is 1. The summed E-state index contributed by atoms with van der Waals surface area (Å²) in [6.45, 7) is 6.43. The Labute approximate surface area is 133 Å². The van der Waals surface area contributed by atoms with Crippen LogP contribution in [0.1, 0.15) is 26.2 Å². The van der Waals surface area contributed by atoms with E-state index in [1.165, 1.54) is 25.9 Å². The summed E-state index contributed by atoms with van der Waals surface area (Å²) in [4.78, 5) is 14.4. The van der Waals surface area contributed by atoms with E-state index in [0.29, 0.717) is 18.0 Å². The fourth-order valence-corrected chi connectivity index (χ4v) is 2.91. The number of amides is 2. The fraction of sp³-hybridized carbons (Fsp3) is 0.588. The quantitative estimate of drug-likeness (QED) is 0.795. The summed E-state index contributed by atoms with van der Waals surface area (Å²) in [6.07, 6.45) is 3.62. The lowest BCUT2D eigenvalue weighted by molar-refractivity contribution is 0.182. The molecule has 0 saturated carbocycles. The number of anilines is 1. The molecule has 1 saturated heterocycles. The van der Waals surface area contributed by atoms with Gasteiger partial charge in [0.05, 0.1) is 12.8 Å². The maximum Gasteiger partial charge on any atom is 0.319 e. The van der Waals surface area contributed by atoms with Crippen molar-refractivity contribution in [2.24, 2.45) is 5.92 Å². The van der Waals surface area contributed by atoms with Crippen LogP contribution in [0.5, 0.6) is 5.75 Å². The number of hydrogen-bond donors (Lipinski definition) is 2. The van der Waals surface area contributed by atoms with E-state index in [9.17, 15) is 4.79 Å². The van der Waals surface area contributed by atoms with Gasteiger partial charge in [0.1, 0.15) is 5.75 Å². The van der Waals surface area contributed by atoms with Crippen LogP contribution in [0.2, 0.25) is 0 Å². The van der Waals surface area contributed by atoms with Crippen molar-refractivity contribution in [3.8, 4) is 5.75 Å². The molecule has 0 unspecified atom stereocenters. The molecular formula is C17H27N3O2. The van der Waals surface area contributed by atoms with Gasteiger partial charge in [-0.2, -0.15) is 0 Å². The van der Waals surface area contributed by atoms with Crippen molar-refractivity contribution in [3.05, 3.63) is 24.3 Å². The molecule has 0 bridgehead atoms. The van der Waals surface area contributed by atoms with E-state index < -0.39 is 0 Å². The third-order valence-corrected chi connectivity index (χ3v) is 4.03. The van der Waals surface area contributed by atoms with E-state index in [-0.39, 0.29) is 6.03 Å². The normalized spacial score (nSPS) is 18.7. The van der Waals surface area contributed by atoms with Gasteiger partial charge in [-0.1, -0.05) is 19.1 Å². The number of ether oxygens (including phenoxy) is 1. The summed E-state index contributed by atoms with van der Waals surface area (Å²) in [5, 5.41) is 5.72. The molecule has 122 valence electrons. The molecule has 0 spiro atoms. The average molecular weight is 305 g/mol. The van der Waals surface area contributed by atoms with Crippen LogP contribution < -0.4 is 15.4 Å². The number of nitrogens with zero attached hydrogens (tertiary/aromatic N) is 1. The zero-order valence-electron chi connectivity index (χ0n) is 13.6. The van der Waals surface area contributed by atoms with Crippen LogP contribution in [0, 0.1) is 5.92 Å². The van der Waals surface area contributed by atoms with Gasteiger partial charge in [0.25, 0.3) is 0 Å². The van der Waals surface area contributed by atoms with Crippen LogP contribution in [-0.4, -0.2) is 44.2 Å². The van der Waals surface area contributed by atoms with Gasteiger partial charge in [0.2, 0.25) is 0 Å². The van der Waals surface area contributed by atoms with Gasteiger partial charge in [-0.05, 0) is 50.4 Å². The first-order valence-electron chi connectivity index (χ1n) is 8.09. The Bertz CT molecular complexity index is 479.